The number of hydrogen-bond donors (Lipinski definition) is 2. The number of carbonyl (C=O) groups excluding carboxylic acids is 1. The van der Waals surface area contributed by atoms with E-state index in [9.17, 15) is 9.90 Å². The summed E-state index contributed by atoms with van der Waals surface area (Å²) in [4.78, 5) is 12.2. The van der Waals surface area contributed by atoms with Crippen molar-refractivity contribution in [2.75, 3.05) is 0 Å². The first-order chi connectivity index (χ1) is 9.74. The molecular weight excluding hydrogens is 250 g/mol. The summed E-state index contributed by atoms with van der Waals surface area (Å²) in [5.41, 5.74) is 3.29. The fraction of sp³-hybridized carbons (Fsp3) is 0.235. The predicted molar refractivity (Wildman–Crippen MR) is 77.3 cm³/mol. The third kappa shape index (κ3) is 2.52. The topological polar surface area (TPSA) is 49.3 Å². The lowest BCUT2D eigenvalue weighted by molar-refractivity contribution is -0.124. The minimum atomic E-state index is 0.0123. The molecule has 0 saturated heterocycles. The molecule has 0 aromatic heterocycles. The molecule has 0 heterocycles. The van der Waals surface area contributed by atoms with Gasteiger partial charge >= 0.3 is 0 Å². The van der Waals surface area contributed by atoms with E-state index >= 15 is 0 Å². The van der Waals surface area contributed by atoms with Gasteiger partial charge in [0, 0.05) is 18.0 Å². The van der Waals surface area contributed by atoms with Crippen LogP contribution >= 0.6 is 0 Å². The highest BCUT2D eigenvalue weighted by molar-refractivity contribution is 5.80. The normalized spacial score (nSPS) is 14.0. The zero-order valence-corrected chi connectivity index (χ0v) is 11.2. The first-order valence-electron chi connectivity index (χ1n) is 6.85. The molecule has 0 radical (unpaired) electrons. The van der Waals surface area contributed by atoms with Gasteiger partial charge in [-0.3, -0.25) is 4.79 Å². The quantitative estimate of drug-likeness (QED) is 0.897. The van der Waals surface area contributed by atoms with Gasteiger partial charge in [-0.1, -0.05) is 42.5 Å². The van der Waals surface area contributed by atoms with E-state index in [1.165, 1.54) is 11.1 Å². The van der Waals surface area contributed by atoms with E-state index in [0.29, 0.717) is 6.54 Å². The molecule has 0 saturated carbocycles. The highest BCUT2D eigenvalue weighted by Gasteiger charge is 2.26. The molecule has 0 unspecified atom stereocenters. The van der Waals surface area contributed by atoms with E-state index in [0.717, 1.165) is 18.4 Å². The van der Waals surface area contributed by atoms with Gasteiger partial charge in [0.2, 0.25) is 5.91 Å². The molecule has 3 nitrogen and oxygen atoms in total. The zero-order valence-electron chi connectivity index (χ0n) is 11.2. The minimum absolute atomic E-state index is 0.0123. The Morgan fingerprint density at radius 3 is 2.30 bits per heavy atom. The van der Waals surface area contributed by atoms with Gasteiger partial charge < -0.3 is 10.4 Å². The molecule has 1 amide bonds. The van der Waals surface area contributed by atoms with Gasteiger partial charge in [-0.15, -0.1) is 0 Å². The van der Waals surface area contributed by atoms with Gasteiger partial charge in [-0.25, -0.2) is 0 Å². The lowest BCUT2D eigenvalue weighted by Gasteiger charge is -2.11. The first kappa shape index (κ1) is 12.7. The molecule has 2 aromatic rings. The fourth-order valence-electron chi connectivity index (χ4n) is 2.73. The maximum Gasteiger partial charge on any atom is 0.224 e. The van der Waals surface area contributed by atoms with Gasteiger partial charge in [0.15, 0.2) is 0 Å². The summed E-state index contributed by atoms with van der Waals surface area (Å²) >= 11 is 0. The maximum absolute atomic E-state index is 12.2. The number of aromatic hydroxyl groups is 1. The van der Waals surface area contributed by atoms with Crippen LogP contribution in [0.5, 0.6) is 5.75 Å². The predicted octanol–water partition coefficient (Wildman–Crippen LogP) is 2.42. The van der Waals surface area contributed by atoms with Crippen LogP contribution in [0.4, 0.5) is 0 Å². The SMILES string of the molecule is O=C(NCc1ccccc1O)C1Cc2ccccc2C1. The second kappa shape index (κ2) is 5.37. The smallest absolute Gasteiger partial charge is 0.224 e. The average Bonchev–Trinajstić information content (AvgIpc) is 2.90. The summed E-state index contributed by atoms with van der Waals surface area (Å²) in [7, 11) is 0. The average molecular weight is 267 g/mol. The molecule has 0 aliphatic heterocycles. The number of rotatable bonds is 3. The highest BCUT2D eigenvalue weighted by Crippen LogP contribution is 2.26. The van der Waals surface area contributed by atoms with Crippen molar-refractivity contribution in [1.29, 1.82) is 0 Å². The van der Waals surface area contributed by atoms with Crippen molar-refractivity contribution in [2.45, 2.75) is 19.4 Å². The van der Waals surface area contributed by atoms with E-state index in [2.05, 4.69) is 17.4 Å². The molecule has 1 aliphatic rings. The van der Waals surface area contributed by atoms with Gasteiger partial charge in [-0.05, 0) is 30.0 Å². The van der Waals surface area contributed by atoms with E-state index in [1.54, 1.807) is 12.1 Å². The Labute approximate surface area is 118 Å². The number of amides is 1. The second-order valence-corrected chi connectivity index (χ2v) is 5.22. The lowest BCUT2D eigenvalue weighted by Crippen LogP contribution is -2.30. The Balaban J connectivity index is 1.61. The maximum atomic E-state index is 12.2. The Hall–Kier alpha value is -2.29. The number of hydrogen-bond acceptors (Lipinski definition) is 2. The van der Waals surface area contributed by atoms with Gasteiger partial charge in [0.1, 0.15) is 5.75 Å². The number of carbonyl (C=O) groups is 1. The van der Waals surface area contributed by atoms with Crippen LogP contribution in [0.3, 0.4) is 0 Å². The van der Waals surface area contributed by atoms with Crippen LogP contribution in [-0.2, 0) is 24.2 Å². The minimum Gasteiger partial charge on any atom is -0.508 e. The monoisotopic (exact) mass is 267 g/mol. The van der Waals surface area contributed by atoms with Crippen molar-refractivity contribution >= 4 is 5.91 Å². The molecule has 0 spiro atoms. The molecule has 2 aromatic carbocycles. The summed E-state index contributed by atoms with van der Waals surface area (Å²) in [5.74, 6) is 0.296. The highest BCUT2D eigenvalue weighted by atomic mass is 16.3. The Kier molecular flexibility index (Phi) is 3.42. The van der Waals surface area contributed by atoms with Crippen LogP contribution in [0, 0.1) is 5.92 Å². The molecule has 3 rings (SSSR count). The van der Waals surface area contributed by atoms with Crippen molar-refractivity contribution in [3.63, 3.8) is 0 Å². The largest absolute Gasteiger partial charge is 0.508 e. The molecule has 1 aliphatic carbocycles. The molecule has 0 atom stereocenters. The zero-order chi connectivity index (χ0) is 13.9. The third-order valence-corrected chi connectivity index (χ3v) is 3.87. The fourth-order valence-corrected chi connectivity index (χ4v) is 2.73. The molecular formula is C17H17NO2. The Morgan fingerprint density at radius 1 is 1.05 bits per heavy atom. The second-order valence-electron chi connectivity index (χ2n) is 5.22. The summed E-state index contributed by atoms with van der Waals surface area (Å²) in [6.07, 6.45) is 1.62. The van der Waals surface area contributed by atoms with E-state index in [4.69, 9.17) is 0 Å². The van der Waals surface area contributed by atoms with Crippen LogP contribution in [-0.4, -0.2) is 11.0 Å². The van der Waals surface area contributed by atoms with Crippen molar-refractivity contribution in [3.8, 4) is 5.75 Å². The molecule has 102 valence electrons. The van der Waals surface area contributed by atoms with E-state index in [1.807, 2.05) is 24.3 Å². The van der Waals surface area contributed by atoms with Crippen molar-refractivity contribution in [1.82, 2.24) is 5.32 Å². The number of nitrogens with one attached hydrogen (secondary N) is 1. The van der Waals surface area contributed by atoms with Crippen LogP contribution < -0.4 is 5.32 Å². The van der Waals surface area contributed by atoms with E-state index < -0.39 is 0 Å². The molecule has 3 heteroatoms. The third-order valence-electron chi connectivity index (χ3n) is 3.87. The number of benzene rings is 2. The van der Waals surface area contributed by atoms with Crippen molar-refractivity contribution in [3.05, 3.63) is 65.2 Å². The van der Waals surface area contributed by atoms with Crippen molar-refractivity contribution < 1.29 is 9.90 Å². The van der Waals surface area contributed by atoms with Crippen LogP contribution in [0.2, 0.25) is 0 Å². The van der Waals surface area contributed by atoms with Crippen LogP contribution in [0.15, 0.2) is 48.5 Å². The summed E-state index contributed by atoms with van der Waals surface area (Å²) < 4.78 is 0. The molecule has 2 N–H and O–H groups in total. The lowest BCUT2D eigenvalue weighted by atomic mass is 10.1. The molecule has 0 bridgehead atoms. The number of phenolic OH excluding ortho intramolecular Hbond substituents is 1. The number of phenols is 1. The Bertz CT molecular complexity index is 611. The molecule has 20 heavy (non-hydrogen) atoms. The molecule has 0 fully saturated rings. The van der Waals surface area contributed by atoms with Crippen molar-refractivity contribution in [2.24, 2.45) is 5.92 Å². The number of fused-ring (bicyclic) bond motifs is 1. The van der Waals surface area contributed by atoms with Crippen LogP contribution in [0.1, 0.15) is 16.7 Å². The number of para-hydroxylation sites is 1. The van der Waals surface area contributed by atoms with Gasteiger partial charge in [0.25, 0.3) is 0 Å². The first-order valence-corrected chi connectivity index (χ1v) is 6.85. The summed E-state index contributed by atoms with van der Waals surface area (Å²) in [6, 6.07) is 15.3. The summed E-state index contributed by atoms with van der Waals surface area (Å²) in [5, 5.41) is 12.6. The van der Waals surface area contributed by atoms with Gasteiger partial charge in [-0.2, -0.15) is 0 Å². The standard InChI is InChI=1S/C17H17NO2/c19-16-8-4-3-7-14(16)11-18-17(20)15-9-12-5-1-2-6-13(12)10-15/h1-8,15,19H,9-11H2,(H,18,20). The Morgan fingerprint density at radius 2 is 1.65 bits per heavy atom. The van der Waals surface area contributed by atoms with Crippen LogP contribution in [0.25, 0.3) is 0 Å². The van der Waals surface area contributed by atoms with E-state index in [-0.39, 0.29) is 17.6 Å². The van der Waals surface area contributed by atoms with Gasteiger partial charge in [0.05, 0.1) is 0 Å². The summed E-state index contributed by atoms with van der Waals surface area (Å²) in [6.45, 7) is 0.373.